The van der Waals surface area contributed by atoms with E-state index in [1.165, 1.54) is 18.2 Å². The lowest BCUT2D eigenvalue weighted by Crippen LogP contribution is -2.52. The Balaban J connectivity index is 0.773. The standard InChI is InChI=1S/C55H62FN9O13/c1-3-55(76)35-21-40-49-33(26-65(40)53(74)34(35)27-77-54(55)75)48-37(16-15-32-29(2)36(56)22-38(62-49)47(32)48)63-52(73)50(31-13-14-31)78-28-60-43(68)24-59-51(72)39(20-30-10-6-4-7-11-30)61-44(69)25-58-42(67)23-57-41(66)12-8-5-9-19-64-45(70)17-18-46(64)71/h4,6-7,10-11,17-18,21-22,31,37,39,50,53,74,76H,3,5,8-9,12-16,19-20,23-28H2,1-2H3,(H,57,66)(H,58,67)(H,59,72)(H,60,68)(H,61,69)(H,63,73)/t37-,39-,50+,53?,55-/m0/s1. The number of nitrogens with zero attached hydrogens (tertiary/aromatic N) is 3. The molecule has 0 radical (unpaired) electrons. The van der Waals surface area contributed by atoms with Gasteiger partial charge in [0.25, 0.3) is 11.8 Å². The number of ether oxygens (including phenoxy) is 2. The molecule has 22 nitrogen and oxygen atoms in total. The molecule has 1 unspecified atom stereocenters. The minimum absolute atomic E-state index is 0.00705. The van der Waals surface area contributed by atoms with E-state index >= 15 is 4.39 Å². The number of carbonyl (C=O) groups is 9. The second-order valence-corrected chi connectivity index (χ2v) is 20.3. The molecule has 3 aromatic rings. The monoisotopic (exact) mass is 1080 g/mol. The molecule has 6 aliphatic rings. The number of unbranched alkanes of at least 4 members (excludes halogenated alkanes) is 2. The fraction of sp³-hybridized carbons (Fsp3) is 0.455. The number of amides is 8. The first-order valence-electron chi connectivity index (χ1n) is 26.3. The number of hydrogen-bond acceptors (Lipinski definition) is 15. The molecule has 2 aromatic carbocycles. The van der Waals surface area contributed by atoms with Gasteiger partial charge in [0, 0.05) is 66.2 Å². The highest BCUT2D eigenvalue weighted by molar-refractivity contribution is 6.12. The zero-order valence-corrected chi connectivity index (χ0v) is 43.2. The van der Waals surface area contributed by atoms with Gasteiger partial charge in [-0.05, 0) is 86.1 Å². The Labute approximate surface area is 447 Å². The molecular weight excluding hydrogens is 1010 g/mol. The van der Waals surface area contributed by atoms with Gasteiger partial charge in [-0.25, -0.2) is 14.2 Å². The number of benzene rings is 2. The van der Waals surface area contributed by atoms with Crippen molar-refractivity contribution in [3.63, 3.8) is 0 Å². The SMILES string of the molecule is CC[C@@]1(O)C(=O)OCC2=C1C=C1c3nc4cc(F)c(C)c5c4c(c3CN1C2O)[C@@H](NC(=O)[C@H](OCNC(=O)CNC(=O)[C@H](Cc1ccccc1)NC(=O)CNC(=O)CNC(=O)CCCCCN1C(=O)C=CC1=O)C1CC1)CC5. The molecule has 9 rings (SSSR count). The first-order valence-corrected chi connectivity index (χ1v) is 26.3. The van der Waals surface area contributed by atoms with Crippen LogP contribution in [0.5, 0.6) is 0 Å². The van der Waals surface area contributed by atoms with E-state index in [0.717, 1.165) is 10.5 Å². The molecular formula is C55H62FN9O13. The Morgan fingerprint density at radius 1 is 0.885 bits per heavy atom. The van der Waals surface area contributed by atoms with Crippen molar-refractivity contribution in [3.8, 4) is 0 Å². The Morgan fingerprint density at radius 2 is 1.59 bits per heavy atom. The minimum atomic E-state index is -1.99. The molecule has 5 atom stereocenters. The van der Waals surface area contributed by atoms with Crippen molar-refractivity contribution in [2.75, 3.05) is 39.5 Å². The van der Waals surface area contributed by atoms with Gasteiger partial charge in [0.2, 0.25) is 35.4 Å². The number of aliphatic hydroxyl groups excluding tert-OH is 1. The summed E-state index contributed by atoms with van der Waals surface area (Å²) in [6.07, 6.45) is 5.73. The molecule has 23 heteroatoms. The van der Waals surface area contributed by atoms with E-state index in [2.05, 4.69) is 31.9 Å². The van der Waals surface area contributed by atoms with E-state index in [-0.39, 0.29) is 69.0 Å². The van der Waals surface area contributed by atoms with Crippen LogP contribution >= 0.6 is 0 Å². The zero-order valence-electron chi connectivity index (χ0n) is 43.2. The van der Waals surface area contributed by atoms with E-state index in [4.69, 9.17) is 14.5 Å². The van der Waals surface area contributed by atoms with Crippen LogP contribution in [0.1, 0.15) is 97.8 Å². The van der Waals surface area contributed by atoms with E-state index in [9.17, 15) is 53.4 Å². The van der Waals surface area contributed by atoms with Gasteiger partial charge < -0.3 is 56.5 Å². The van der Waals surface area contributed by atoms with Gasteiger partial charge in [-0.1, -0.05) is 43.7 Å². The van der Waals surface area contributed by atoms with Crippen molar-refractivity contribution in [2.45, 2.75) is 115 Å². The quantitative estimate of drug-likeness (QED) is 0.0281. The highest BCUT2D eigenvalue weighted by atomic mass is 19.1. The second-order valence-electron chi connectivity index (χ2n) is 20.3. The molecule has 8 amide bonds. The van der Waals surface area contributed by atoms with E-state index in [1.54, 1.807) is 55.2 Å². The summed E-state index contributed by atoms with van der Waals surface area (Å²) in [4.78, 5) is 123. The highest BCUT2D eigenvalue weighted by Gasteiger charge is 2.50. The van der Waals surface area contributed by atoms with Crippen LogP contribution in [0.4, 0.5) is 4.39 Å². The number of halogens is 1. The van der Waals surface area contributed by atoms with Crippen molar-refractivity contribution < 1.29 is 67.2 Å². The summed E-state index contributed by atoms with van der Waals surface area (Å²) in [7, 11) is 0. The topological polar surface area (TPSA) is 304 Å². The average molecular weight is 1080 g/mol. The van der Waals surface area contributed by atoms with Crippen LogP contribution in [0.3, 0.4) is 0 Å². The van der Waals surface area contributed by atoms with Crippen molar-refractivity contribution >= 4 is 69.8 Å². The van der Waals surface area contributed by atoms with Crippen molar-refractivity contribution in [1.82, 2.24) is 46.7 Å². The summed E-state index contributed by atoms with van der Waals surface area (Å²) in [5.74, 6) is -5.68. The van der Waals surface area contributed by atoms with E-state index in [0.29, 0.717) is 95.1 Å². The molecule has 5 heterocycles. The maximum Gasteiger partial charge on any atom is 0.343 e. The van der Waals surface area contributed by atoms with Gasteiger partial charge in [-0.2, -0.15) is 0 Å². The lowest BCUT2D eigenvalue weighted by Gasteiger charge is -2.40. The van der Waals surface area contributed by atoms with Gasteiger partial charge >= 0.3 is 5.97 Å². The normalized spacial score (nSPS) is 20.7. The summed E-state index contributed by atoms with van der Waals surface area (Å²) in [6.45, 7) is 1.71. The van der Waals surface area contributed by atoms with Crippen molar-refractivity contribution in [1.29, 1.82) is 0 Å². The van der Waals surface area contributed by atoms with Gasteiger partial charge in [0.15, 0.2) is 11.8 Å². The molecule has 1 saturated carbocycles. The Hall–Kier alpha value is -7.89. The van der Waals surface area contributed by atoms with Crippen LogP contribution in [-0.4, -0.2) is 142 Å². The van der Waals surface area contributed by atoms with Gasteiger partial charge in [0.1, 0.15) is 31.3 Å². The van der Waals surface area contributed by atoms with Crippen molar-refractivity contribution in [2.24, 2.45) is 5.92 Å². The molecule has 8 N–H and O–H groups in total. The summed E-state index contributed by atoms with van der Waals surface area (Å²) >= 11 is 0. The smallest absolute Gasteiger partial charge is 0.343 e. The number of rotatable bonds is 23. The molecule has 1 fully saturated rings. The fourth-order valence-corrected chi connectivity index (χ4v) is 10.7. The number of nitrogens with one attached hydrogen (secondary N) is 6. The summed E-state index contributed by atoms with van der Waals surface area (Å²) in [6, 6.07) is 8.40. The predicted molar refractivity (Wildman–Crippen MR) is 274 cm³/mol. The Kier molecular flexibility index (Phi) is 16.4. The summed E-state index contributed by atoms with van der Waals surface area (Å²) in [5, 5.41) is 39.7. The average Bonchev–Trinajstić information content (AvgIpc) is 4.33. The predicted octanol–water partition coefficient (Wildman–Crippen LogP) is 0.699. The second kappa shape index (κ2) is 23.4. The van der Waals surface area contributed by atoms with Crippen LogP contribution in [0.25, 0.3) is 16.6 Å². The van der Waals surface area contributed by atoms with Crippen LogP contribution in [-0.2, 0) is 72.0 Å². The molecule has 78 heavy (non-hydrogen) atoms. The number of aromatic nitrogens is 1. The maximum atomic E-state index is 15.5. The van der Waals surface area contributed by atoms with Gasteiger partial charge in [0.05, 0.1) is 42.6 Å². The highest BCUT2D eigenvalue weighted by Crippen LogP contribution is 2.49. The first-order chi connectivity index (χ1) is 37.4. The number of aryl methyl sites for hydroxylation is 1. The number of pyridine rings is 1. The molecule has 0 bridgehead atoms. The van der Waals surface area contributed by atoms with E-state index in [1.807, 2.05) is 0 Å². The Morgan fingerprint density at radius 3 is 2.32 bits per heavy atom. The lowest BCUT2D eigenvalue weighted by molar-refractivity contribution is -0.164. The van der Waals surface area contributed by atoms with Gasteiger partial charge in [-0.15, -0.1) is 0 Å². The third-order valence-corrected chi connectivity index (χ3v) is 15.1. The van der Waals surface area contributed by atoms with Gasteiger partial charge in [-0.3, -0.25) is 43.3 Å². The fourth-order valence-electron chi connectivity index (χ4n) is 10.7. The van der Waals surface area contributed by atoms with E-state index < -0.39 is 96.9 Å². The Bertz CT molecular complexity index is 3050. The molecule has 4 aliphatic heterocycles. The third-order valence-electron chi connectivity index (χ3n) is 15.1. The third kappa shape index (κ3) is 11.7. The van der Waals surface area contributed by atoms with Crippen LogP contribution in [0.2, 0.25) is 0 Å². The maximum absolute atomic E-state index is 15.5. The summed E-state index contributed by atoms with van der Waals surface area (Å²) in [5.41, 5.74) is 3.11. The molecule has 0 saturated heterocycles. The number of carbonyl (C=O) groups excluding carboxylic acids is 9. The number of aliphatic hydroxyl groups is 2. The number of cyclic esters (lactones) is 1. The first kappa shape index (κ1) is 54.9. The van der Waals surface area contributed by atoms with Crippen LogP contribution in [0, 0.1) is 18.7 Å². The number of esters is 1. The summed E-state index contributed by atoms with van der Waals surface area (Å²) < 4.78 is 26.9. The molecule has 0 spiro atoms. The minimum Gasteiger partial charge on any atom is -0.459 e. The van der Waals surface area contributed by atoms with Crippen LogP contribution in [0.15, 0.2) is 65.8 Å². The number of fused-ring (bicyclic) bond motifs is 4. The molecule has 412 valence electrons. The molecule has 1 aromatic heterocycles. The molecule has 2 aliphatic carbocycles. The van der Waals surface area contributed by atoms with Crippen molar-refractivity contribution in [3.05, 3.63) is 105 Å². The number of hydrogen-bond donors (Lipinski definition) is 8. The zero-order chi connectivity index (χ0) is 55.4. The largest absolute Gasteiger partial charge is 0.459 e. The number of imide groups is 1. The van der Waals surface area contributed by atoms with Crippen LogP contribution < -0.4 is 31.9 Å². The lowest BCUT2D eigenvalue weighted by atomic mass is 9.81.